The van der Waals surface area contributed by atoms with E-state index in [1.807, 2.05) is 24.4 Å². The number of hydrogen-bond donors (Lipinski definition) is 1. The predicted molar refractivity (Wildman–Crippen MR) is 56.6 cm³/mol. The Morgan fingerprint density at radius 1 is 1.25 bits per heavy atom. The zero-order valence-electron chi connectivity index (χ0n) is 6.27. The van der Waals surface area contributed by atoms with Crippen molar-refractivity contribution >= 4 is 33.2 Å². The van der Waals surface area contributed by atoms with Crippen LogP contribution in [0.5, 0.6) is 0 Å². The third-order valence-electron chi connectivity index (χ3n) is 1.74. The Hall–Kier alpha value is -0.670. The van der Waals surface area contributed by atoms with Crippen LogP contribution in [-0.4, -0.2) is 4.98 Å². The van der Waals surface area contributed by atoms with Crippen molar-refractivity contribution in [2.75, 3.05) is 0 Å². The monoisotopic (exact) mass is 193 g/mol. The van der Waals surface area contributed by atoms with E-state index in [2.05, 4.69) is 22.7 Å². The number of thiol groups is 1. The summed E-state index contributed by atoms with van der Waals surface area (Å²) in [6.07, 6.45) is 3.67. The standard InChI is InChI=1S/C9H7NS2/c11-12-9-3-1-2-7-4-5-10-6-8(7)9/h1-6,11H. The molecule has 0 saturated carbocycles. The van der Waals surface area contributed by atoms with Gasteiger partial charge in [0, 0.05) is 22.7 Å². The van der Waals surface area contributed by atoms with Gasteiger partial charge in [-0.1, -0.05) is 22.9 Å². The topological polar surface area (TPSA) is 12.9 Å². The molecule has 0 N–H and O–H groups in total. The molecule has 3 heteroatoms. The van der Waals surface area contributed by atoms with Crippen LogP contribution in [0.25, 0.3) is 10.8 Å². The molecule has 0 aliphatic carbocycles. The van der Waals surface area contributed by atoms with Gasteiger partial charge in [0.05, 0.1) is 0 Å². The molecule has 1 aromatic heterocycles. The molecule has 0 aliphatic heterocycles. The van der Waals surface area contributed by atoms with Gasteiger partial charge in [-0.15, -0.1) is 11.7 Å². The van der Waals surface area contributed by atoms with E-state index >= 15 is 0 Å². The molecule has 0 atom stereocenters. The number of pyridine rings is 1. The summed E-state index contributed by atoms with van der Waals surface area (Å²) in [5.41, 5.74) is 0. The summed E-state index contributed by atoms with van der Waals surface area (Å²) in [6.45, 7) is 0. The molecule has 0 saturated heterocycles. The summed E-state index contributed by atoms with van der Waals surface area (Å²) >= 11 is 4.17. The molecule has 1 aromatic carbocycles. The minimum atomic E-state index is 1.16. The molecule has 12 heavy (non-hydrogen) atoms. The lowest BCUT2D eigenvalue weighted by atomic mass is 10.2. The van der Waals surface area contributed by atoms with Gasteiger partial charge in [0.2, 0.25) is 0 Å². The molecule has 0 unspecified atom stereocenters. The van der Waals surface area contributed by atoms with Gasteiger partial charge >= 0.3 is 0 Å². The summed E-state index contributed by atoms with van der Waals surface area (Å²) in [5.74, 6) is 0. The average molecular weight is 193 g/mol. The molecular formula is C9H7NS2. The first-order valence-electron chi connectivity index (χ1n) is 3.56. The highest BCUT2D eigenvalue weighted by Gasteiger charge is 1.97. The zero-order chi connectivity index (χ0) is 8.39. The summed E-state index contributed by atoms with van der Waals surface area (Å²) in [5, 5.41) is 2.38. The highest BCUT2D eigenvalue weighted by molar-refractivity contribution is 8.68. The van der Waals surface area contributed by atoms with Gasteiger partial charge in [-0.3, -0.25) is 4.98 Å². The van der Waals surface area contributed by atoms with Crippen LogP contribution < -0.4 is 0 Å². The van der Waals surface area contributed by atoms with E-state index in [0.717, 1.165) is 4.90 Å². The smallest absolute Gasteiger partial charge is 0.0357 e. The Bertz CT molecular complexity index is 395. The second-order valence-corrected chi connectivity index (χ2v) is 3.61. The maximum Gasteiger partial charge on any atom is 0.0357 e. The van der Waals surface area contributed by atoms with Crippen molar-refractivity contribution < 1.29 is 0 Å². The maximum absolute atomic E-state index is 4.17. The lowest BCUT2D eigenvalue weighted by Gasteiger charge is -2.00. The Balaban J connectivity index is 2.79. The maximum atomic E-state index is 4.17. The SMILES string of the molecule is SSc1cccc2ccncc12. The van der Waals surface area contributed by atoms with Crippen molar-refractivity contribution in [1.29, 1.82) is 0 Å². The molecule has 60 valence electrons. The molecule has 1 nitrogen and oxygen atoms in total. The first-order chi connectivity index (χ1) is 5.92. The van der Waals surface area contributed by atoms with E-state index in [-0.39, 0.29) is 0 Å². The molecule has 1 heterocycles. The summed E-state index contributed by atoms with van der Waals surface area (Å²) in [7, 11) is 1.45. The van der Waals surface area contributed by atoms with Gasteiger partial charge in [0.15, 0.2) is 0 Å². The summed E-state index contributed by atoms with van der Waals surface area (Å²) in [6, 6.07) is 8.15. The van der Waals surface area contributed by atoms with Crippen molar-refractivity contribution in [3.8, 4) is 0 Å². The lowest BCUT2D eigenvalue weighted by Crippen LogP contribution is -1.76. The molecule has 2 rings (SSSR count). The van der Waals surface area contributed by atoms with Crippen molar-refractivity contribution in [1.82, 2.24) is 4.98 Å². The van der Waals surface area contributed by atoms with Crippen LogP contribution in [0.15, 0.2) is 41.6 Å². The molecular weight excluding hydrogens is 186 g/mol. The third-order valence-corrected chi connectivity index (χ3v) is 2.88. The van der Waals surface area contributed by atoms with Crippen molar-refractivity contribution in [3.05, 3.63) is 36.7 Å². The minimum absolute atomic E-state index is 1.16. The highest BCUT2D eigenvalue weighted by atomic mass is 33.1. The van der Waals surface area contributed by atoms with Crippen LogP contribution in [-0.2, 0) is 0 Å². The number of nitrogens with zero attached hydrogens (tertiary/aromatic N) is 1. The van der Waals surface area contributed by atoms with Gasteiger partial charge in [-0.05, 0) is 17.5 Å². The van der Waals surface area contributed by atoms with E-state index in [4.69, 9.17) is 0 Å². The molecule has 0 amide bonds. The normalized spacial score (nSPS) is 10.4. The summed E-state index contributed by atoms with van der Waals surface area (Å²) < 4.78 is 0. The molecule has 0 bridgehead atoms. The predicted octanol–water partition coefficient (Wildman–Crippen LogP) is 3.17. The average Bonchev–Trinajstić information content (AvgIpc) is 2.17. The fourth-order valence-corrected chi connectivity index (χ4v) is 2.05. The van der Waals surface area contributed by atoms with E-state index in [0.29, 0.717) is 0 Å². The second kappa shape index (κ2) is 3.37. The second-order valence-electron chi connectivity index (χ2n) is 2.44. The van der Waals surface area contributed by atoms with Crippen LogP contribution in [0.4, 0.5) is 0 Å². The Kier molecular flexibility index (Phi) is 2.23. The minimum Gasteiger partial charge on any atom is -0.264 e. The van der Waals surface area contributed by atoms with Gasteiger partial charge in [-0.25, -0.2) is 0 Å². The quantitative estimate of drug-likeness (QED) is 0.552. The van der Waals surface area contributed by atoms with Crippen molar-refractivity contribution in [2.45, 2.75) is 4.90 Å². The van der Waals surface area contributed by atoms with Gasteiger partial charge in [0.1, 0.15) is 0 Å². The van der Waals surface area contributed by atoms with Gasteiger partial charge in [0.25, 0.3) is 0 Å². The number of rotatable bonds is 1. The van der Waals surface area contributed by atoms with E-state index in [1.165, 1.54) is 21.6 Å². The van der Waals surface area contributed by atoms with Crippen LogP contribution in [0.3, 0.4) is 0 Å². The number of hydrogen-bond acceptors (Lipinski definition) is 3. The fraction of sp³-hybridized carbons (Fsp3) is 0. The number of fused-ring (bicyclic) bond motifs is 1. The number of benzene rings is 1. The van der Waals surface area contributed by atoms with Crippen molar-refractivity contribution in [3.63, 3.8) is 0 Å². The Morgan fingerprint density at radius 2 is 2.17 bits per heavy atom. The van der Waals surface area contributed by atoms with Crippen LogP contribution in [0, 0.1) is 0 Å². The van der Waals surface area contributed by atoms with Gasteiger partial charge < -0.3 is 0 Å². The molecule has 2 aromatic rings. The van der Waals surface area contributed by atoms with E-state index < -0.39 is 0 Å². The molecule has 0 fully saturated rings. The third kappa shape index (κ3) is 1.30. The van der Waals surface area contributed by atoms with Crippen molar-refractivity contribution in [2.24, 2.45) is 0 Å². The first kappa shape index (κ1) is 7.95. The molecule has 0 spiro atoms. The Labute approximate surface area is 80.0 Å². The largest absolute Gasteiger partial charge is 0.264 e. The van der Waals surface area contributed by atoms with Gasteiger partial charge in [-0.2, -0.15) is 0 Å². The zero-order valence-corrected chi connectivity index (χ0v) is 7.98. The summed E-state index contributed by atoms with van der Waals surface area (Å²) in [4.78, 5) is 5.23. The van der Waals surface area contributed by atoms with Crippen LogP contribution in [0.1, 0.15) is 0 Å². The fourth-order valence-electron chi connectivity index (χ4n) is 1.16. The lowest BCUT2D eigenvalue weighted by molar-refractivity contribution is 1.35. The van der Waals surface area contributed by atoms with Crippen LogP contribution >= 0.6 is 22.5 Å². The molecule has 0 radical (unpaired) electrons. The first-order valence-corrected chi connectivity index (χ1v) is 5.43. The number of aromatic nitrogens is 1. The Morgan fingerprint density at radius 3 is 3.00 bits per heavy atom. The molecule has 0 aliphatic rings. The highest BCUT2D eigenvalue weighted by Crippen LogP contribution is 2.28. The van der Waals surface area contributed by atoms with Crippen LogP contribution in [0.2, 0.25) is 0 Å². The van der Waals surface area contributed by atoms with E-state index in [1.54, 1.807) is 6.20 Å². The van der Waals surface area contributed by atoms with E-state index in [9.17, 15) is 0 Å².